The molecular weight excluding hydrogens is 434 g/mol. The van der Waals surface area contributed by atoms with Gasteiger partial charge in [-0.15, -0.1) is 0 Å². The van der Waals surface area contributed by atoms with E-state index in [1.807, 2.05) is 24.3 Å². The highest BCUT2D eigenvalue weighted by Gasteiger charge is 2.54. The van der Waals surface area contributed by atoms with Gasteiger partial charge in [0.15, 0.2) is 5.13 Å². The number of carbonyl (C=O) groups is 2. The first-order valence-corrected chi connectivity index (χ1v) is 13.5. The standard InChI is InChI=1S/C26H33N3O3S/c30-23(7-8-27-24(31)26-13-17-10-18(14-26)12-19(11-17)15-26)29(16-20-4-3-9-32-20)25-28-21-5-1-2-6-22(21)33-25/h1-2,5-6,17-20H,3-4,7-16H2,(H,27,31). The van der Waals surface area contributed by atoms with E-state index in [2.05, 4.69) is 5.32 Å². The molecule has 1 aromatic heterocycles. The minimum atomic E-state index is -0.164. The predicted molar refractivity (Wildman–Crippen MR) is 129 cm³/mol. The quantitative estimate of drug-likeness (QED) is 0.649. The van der Waals surface area contributed by atoms with Crippen LogP contribution in [-0.2, 0) is 14.3 Å². The fourth-order valence-corrected chi connectivity index (χ4v) is 8.24. The van der Waals surface area contributed by atoms with Gasteiger partial charge in [-0.3, -0.25) is 14.5 Å². The molecule has 5 fully saturated rings. The van der Waals surface area contributed by atoms with Gasteiger partial charge in [-0.05, 0) is 81.3 Å². The maximum absolute atomic E-state index is 13.3. The SMILES string of the molecule is O=C(CCNC(=O)C12CC3CC(CC(C3)C1)C2)N(CC1CCCO1)c1nc2ccccc2s1. The smallest absolute Gasteiger partial charge is 0.230 e. The topological polar surface area (TPSA) is 71.5 Å². The van der Waals surface area contributed by atoms with Crippen molar-refractivity contribution < 1.29 is 14.3 Å². The molecule has 0 radical (unpaired) electrons. The van der Waals surface area contributed by atoms with Crippen molar-refractivity contribution in [2.75, 3.05) is 24.6 Å². The molecular formula is C26H33N3O3S. The molecule has 1 atom stereocenters. The molecule has 33 heavy (non-hydrogen) atoms. The maximum atomic E-state index is 13.3. The Morgan fingerprint density at radius 1 is 1.12 bits per heavy atom. The lowest BCUT2D eigenvalue weighted by atomic mass is 9.49. The Morgan fingerprint density at radius 2 is 1.85 bits per heavy atom. The fraction of sp³-hybridized carbons (Fsp3) is 0.654. The molecule has 1 N–H and O–H groups in total. The van der Waals surface area contributed by atoms with Crippen molar-refractivity contribution in [3.63, 3.8) is 0 Å². The van der Waals surface area contributed by atoms with Crippen LogP contribution in [0.3, 0.4) is 0 Å². The van der Waals surface area contributed by atoms with Crippen LogP contribution in [-0.4, -0.2) is 42.6 Å². The van der Waals surface area contributed by atoms with E-state index in [9.17, 15) is 9.59 Å². The molecule has 4 saturated carbocycles. The lowest BCUT2D eigenvalue weighted by Gasteiger charge is -2.55. The molecule has 1 saturated heterocycles. The molecule has 1 aromatic carbocycles. The average molecular weight is 468 g/mol. The van der Waals surface area contributed by atoms with Crippen molar-refractivity contribution >= 4 is 38.5 Å². The van der Waals surface area contributed by atoms with Gasteiger partial charge >= 0.3 is 0 Å². The highest BCUT2D eigenvalue weighted by Crippen LogP contribution is 2.60. The molecule has 1 aliphatic heterocycles. The van der Waals surface area contributed by atoms with Gasteiger partial charge in [-0.25, -0.2) is 4.98 Å². The monoisotopic (exact) mass is 467 g/mol. The van der Waals surface area contributed by atoms with Crippen molar-refractivity contribution in [2.45, 2.75) is 63.9 Å². The Morgan fingerprint density at radius 3 is 2.52 bits per heavy atom. The predicted octanol–water partition coefficient (Wildman–Crippen LogP) is 4.53. The van der Waals surface area contributed by atoms with Gasteiger partial charge in [-0.1, -0.05) is 23.5 Å². The van der Waals surface area contributed by atoms with E-state index in [0.717, 1.165) is 71.8 Å². The largest absolute Gasteiger partial charge is 0.376 e. The normalized spacial score (nSPS) is 32.4. The van der Waals surface area contributed by atoms with E-state index < -0.39 is 0 Å². The van der Waals surface area contributed by atoms with Crippen LogP contribution in [0.2, 0.25) is 0 Å². The number of carbonyl (C=O) groups excluding carboxylic acids is 2. The van der Waals surface area contributed by atoms with Crippen LogP contribution in [0.5, 0.6) is 0 Å². The number of aromatic nitrogens is 1. The van der Waals surface area contributed by atoms with Crippen LogP contribution in [0, 0.1) is 23.2 Å². The summed E-state index contributed by atoms with van der Waals surface area (Å²) in [5, 5.41) is 3.89. The number of para-hydroxylation sites is 1. The molecule has 6 nitrogen and oxygen atoms in total. The zero-order chi connectivity index (χ0) is 22.4. The molecule has 4 bridgehead atoms. The van der Waals surface area contributed by atoms with E-state index in [0.29, 0.717) is 19.5 Å². The maximum Gasteiger partial charge on any atom is 0.230 e. The molecule has 1 unspecified atom stereocenters. The lowest BCUT2D eigenvalue weighted by Crippen LogP contribution is -2.54. The number of ether oxygens (including phenoxy) is 1. The number of hydrogen-bond acceptors (Lipinski definition) is 5. The number of benzene rings is 1. The molecule has 176 valence electrons. The van der Waals surface area contributed by atoms with Crippen molar-refractivity contribution in [3.05, 3.63) is 24.3 Å². The molecule has 2 heterocycles. The molecule has 0 spiro atoms. The number of nitrogens with one attached hydrogen (secondary N) is 1. The number of rotatable bonds is 7. The van der Waals surface area contributed by atoms with Gasteiger partial charge < -0.3 is 10.1 Å². The van der Waals surface area contributed by atoms with Gasteiger partial charge in [0, 0.05) is 25.0 Å². The van der Waals surface area contributed by atoms with E-state index in [1.165, 1.54) is 19.3 Å². The first-order valence-electron chi connectivity index (χ1n) is 12.6. The molecule has 2 amide bonds. The summed E-state index contributed by atoms with van der Waals surface area (Å²) in [6, 6.07) is 7.99. The Bertz CT molecular complexity index is 976. The minimum absolute atomic E-state index is 0.00960. The van der Waals surface area contributed by atoms with E-state index >= 15 is 0 Å². The van der Waals surface area contributed by atoms with Gasteiger partial charge in [-0.2, -0.15) is 0 Å². The number of amides is 2. The summed E-state index contributed by atoms with van der Waals surface area (Å²) < 4.78 is 6.90. The van der Waals surface area contributed by atoms with Gasteiger partial charge in [0.25, 0.3) is 0 Å². The van der Waals surface area contributed by atoms with Crippen LogP contribution in [0.1, 0.15) is 57.8 Å². The summed E-state index contributed by atoms with van der Waals surface area (Å²) in [6.07, 6.45) is 9.48. The van der Waals surface area contributed by atoms with Gasteiger partial charge in [0.05, 0.1) is 22.9 Å². The highest BCUT2D eigenvalue weighted by molar-refractivity contribution is 7.22. The number of hydrogen-bond donors (Lipinski definition) is 1. The van der Waals surface area contributed by atoms with Crippen LogP contribution in [0.25, 0.3) is 10.2 Å². The Hall–Kier alpha value is -1.99. The van der Waals surface area contributed by atoms with Crippen molar-refractivity contribution in [2.24, 2.45) is 23.2 Å². The minimum Gasteiger partial charge on any atom is -0.376 e. The van der Waals surface area contributed by atoms with Crippen LogP contribution < -0.4 is 10.2 Å². The summed E-state index contributed by atoms with van der Waals surface area (Å²) in [5.41, 5.74) is 0.750. The summed E-state index contributed by atoms with van der Waals surface area (Å²) in [7, 11) is 0. The number of anilines is 1. The summed E-state index contributed by atoms with van der Waals surface area (Å²) in [4.78, 5) is 33.1. The second-order valence-corrected chi connectivity index (χ2v) is 11.8. The second-order valence-electron chi connectivity index (χ2n) is 10.8. The molecule has 2 aromatic rings. The summed E-state index contributed by atoms with van der Waals surface area (Å²) in [6.45, 7) is 1.68. The first-order chi connectivity index (χ1) is 16.1. The van der Waals surface area contributed by atoms with Gasteiger partial charge in [0.1, 0.15) is 0 Å². The van der Waals surface area contributed by atoms with Gasteiger partial charge in [0.2, 0.25) is 11.8 Å². The Kier molecular flexibility index (Phi) is 5.65. The van der Waals surface area contributed by atoms with Crippen molar-refractivity contribution in [3.8, 4) is 0 Å². The zero-order valence-corrected chi connectivity index (χ0v) is 19.9. The third-order valence-corrected chi connectivity index (χ3v) is 9.43. The number of fused-ring (bicyclic) bond motifs is 1. The third kappa shape index (κ3) is 4.18. The molecule has 4 aliphatic carbocycles. The Balaban J connectivity index is 1.11. The molecule has 7 rings (SSSR count). The van der Waals surface area contributed by atoms with E-state index in [-0.39, 0.29) is 23.3 Å². The third-order valence-electron chi connectivity index (χ3n) is 8.37. The van der Waals surface area contributed by atoms with E-state index in [1.54, 1.807) is 16.2 Å². The van der Waals surface area contributed by atoms with Crippen molar-refractivity contribution in [1.29, 1.82) is 0 Å². The average Bonchev–Trinajstić information content (AvgIpc) is 3.46. The number of nitrogens with zero attached hydrogens (tertiary/aromatic N) is 2. The number of thiazole rings is 1. The second kappa shape index (κ2) is 8.66. The van der Waals surface area contributed by atoms with Crippen molar-refractivity contribution in [1.82, 2.24) is 10.3 Å². The zero-order valence-electron chi connectivity index (χ0n) is 19.1. The van der Waals surface area contributed by atoms with Crippen LogP contribution >= 0.6 is 11.3 Å². The first kappa shape index (κ1) is 21.5. The fourth-order valence-electron chi connectivity index (χ4n) is 7.25. The molecule has 5 aliphatic rings. The lowest BCUT2D eigenvalue weighted by molar-refractivity contribution is -0.146. The summed E-state index contributed by atoms with van der Waals surface area (Å²) in [5.74, 6) is 2.43. The van der Waals surface area contributed by atoms with Crippen LogP contribution in [0.4, 0.5) is 5.13 Å². The van der Waals surface area contributed by atoms with Crippen LogP contribution in [0.15, 0.2) is 24.3 Å². The highest BCUT2D eigenvalue weighted by atomic mass is 32.1. The Labute approximate surface area is 199 Å². The summed E-state index contributed by atoms with van der Waals surface area (Å²) >= 11 is 1.55. The van der Waals surface area contributed by atoms with E-state index in [4.69, 9.17) is 9.72 Å². The molecule has 7 heteroatoms.